The van der Waals surface area contributed by atoms with E-state index in [4.69, 9.17) is 15.2 Å². The van der Waals surface area contributed by atoms with E-state index in [1.54, 1.807) is 29.2 Å². The molecule has 0 aromatic heterocycles. The van der Waals surface area contributed by atoms with Gasteiger partial charge in [0.1, 0.15) is 11.9 Å². The summed E-state index contributed by atoms with van der Waals surface area (Å²) in [5.74, 6) is -0.517. The molecule has 2 atom stereocenters. The second-order valence-corrected chi connectivity index (χ2v) is 11.1. The van der Waals surface area contributed by atoms with Crippen molar-refractivity contribution in [1.29, 1.82) is 0 Å². The summed E-state index contributed by atoms with van der Waals surface area (Å²) in [7, 11) is 0. The fraction of sp³-hybridized carbons (Fsp3) is 0.645. The van der Waals surface area contributed by atoms with E-state index in [1.165, 1.54) is 0 Å². The van der Waals surface area contributed by atoms with Crippen LogP contribution in [0.1, 0.15) is 90.2 Å². The van der Waals surface area contributed by atoms with Gasteiger partial charge in [-0.1, -0.05) is 71.2 Å². The maximum Gasteiger partial charge on any atom is 0.435 e. The first-order valence-corrected chi connectivity index (χ1v) is 15.2. The van der Waals surface area contributed by atoms with E-state index >= 15 is 0 Å². The summed E-state index contributed by atoms with van der Waals surface area (Å²) in [4.78, 5) is 55.9. The molecule has 0 bridgehead atoms. The number of ether oxygens (including phenoxy) is 2. The van der Waals surface area contributed by atoms with Crippen molar-refractivity contribution in [2.45, 2.75) is 97.7 Å². The summed E-state index contributed by atoms with van der Waals surface area (Å²) in [6.07, 6.45) is 5.87. The molecule has 1 aromatic rings. The second kappa shape index (κ2) is 18.9. The van der Waals surface area contributed by atoms with Crippen molar-refractivity contribution in [3.8, 4) is 0 Å². The van der Waals surface area contributed by atoms with Crippen LogP contribution in [0, 0.1) is 5.92 Å². The number of esters is 1. The highest BCUT2D eigenvalue weighted by Gasteiger charge is 2.37. The Morgan fingerprint density at radius 1 is 1.02 bits per heavy atom. The molecule has 1 saturated heterocycles. The van der Waals surface area contributed by atoms with Gasteiger partial charge in [0.05, 0.1) is 25.8 Å². The van der Waals surface area contributed by atoms with Gasteiger partial charge >= 0.3 is 12.1 Å². The molecule has 234 valence electrons. The number of amidine groups is 1. The van der Waals surface area contributed by atoms with Crippen LogP contribution in [0.3, 0.4) is 0 Å². The van der Waals surface area contributed by atoms with Crippen LogP contribution in [-0.4, -0.2) is 73.0 Å². The predicted molar refractivity (Wildman–Crippen MR) is 162 cm³/mol. The van der Waals surface area contributed by atoms with Crippen molar-refractivity contribution in [2.24, 2.45) is 16.6 Å². The molecule has 0 aliphatic carbocycles. The molecular formula is C31H49N5O6. The number of carbonyl (C=O) groups excluding carboxylic acids is 4. The van der Waals surface area contributed by atoms with Gasteiger partial charge in [-0.25, -0.2) is 4.79 Å². The van der Waals surface area contributed by atoms with Crippen LogP contribution in [0.15, 0.2) is 29.3 Å². The molecule has 1 aliphatic rings. The fourth-order valence-corrected chi connectivity index (χ4v) is 4.70. The molecular weight excluding hydrogens is 538 g/mol. The summed E-state index contributed by atoms with van der Waals surface area (Å²) < 4.78 is 10.2. The number of hydrogen-bond donors (Lipinski definition) is 3. The van der Waals surface area contributed by atoms with Crippen LogP contribution in [0.25, 0.3) is 0 Å². The Morgan fingerprint density at radius 2 is 1.76 bits per heavy atom. The molecule has 11 heteroatoms. The number of nitrogens with zero attached hydrogens (tertiary/aromatic N) is 2. The number of nitrogens with one attached hydrogen (secondary N) is 2. The molecule has 4 N–H and O–H groups in total. The lowest BCUT2D eigenvalue weighted by Crippen LogP contribution is -2.53. The first-order valence-electron chi connectivity index (χ1n) is 15.2. The quantitative estimate of drug-likeness (QED) is 0.108. The molecule has 3 amide bonds. The summed E-state index contributed by atoms with van der Waals surface area (Å²) >= 11 is 0. The number of likely N-dealkylation sites (tertiary alicyclic amines) is 1. The lowest BCUT2D eigenvalue weighted by atomic mass is 10.0. The van der Waals surface area contributed by atoms with Crippen LogP contribution in [0.2, 0.25) is 0 Å². The average Bonchev–Trinajstić information content (AvgIpc) is 3.46. The van der Waals surface area contributed by atoms with Gasteiger partial charge in [0.25, 0.3) is 0 Å². The summed E-state index contributed by atoms with van der Waals surface area (Å²) in [6.45, 7) is 9.42. The van der Waals surface area contributed by atoms with Crippen LogP contribution < -0.4 is 16.4 Å². The smallest absolute Gasteiger partial charge is 0.435 e. The van der Waals surface area contributed by atoms with Crippen LogP contribution in [0.5, 0.6) is 0 Å². The zero-order chi connectivity index (χ0) is 30.9. The minimum Gasteiger partial charge on any atom is -0.465 e. The summed E-state index contributed by atoms with van der Waals surface area (Å²) in [5, 5.41) is 5.99. The third-order valence-corrected chi connectivity index (χ3v) is 6.96. The molecule has 0 unspecified atom stereocenters. The Balaban J connectivity index is 1.91. The molecule has 0 saturated carbocycles. The molecule has 1 heterocycles. The fourth-order valence-electron chi connectivity index (χ4n) is 4.70. The Bertz CT molecular complexity index is 1040. The van der Waals surface area contributed by atoms with Crippen LogP contribution in [-0.2, 0) is 30.4 Å². The number of amides is 3. The molecule has 11 nitrogen and oxygen atoms in total. The van der Waals surface area contributed by atoms with Crippen molar-refractivity contribution in [3.05, 3.63) is 35.4 Å². The first kappa shape index (κ1) is 34.7. The van der Waals surface area contributed by atoms with Gasteiger partial charge in [-0.05, 0) is 43.6 Å². The molecule has 1 aromatic carbocycles. The zero-order valence-corrected chi connectivity index (χ0v) is 25.7. The van der Waals surface area contributed by atoms with Crippen molar-refractivity contribution in [1.82, 2.24) is 15.5 Å². The molecule has 0 radical (unpaired) electrons. The predicted octanol–water partition coefficient (Wildman–Crippen LogP) is 3.67. The summed E-state index contributed by atoms with van der Waals surface area (Å²) in [6, 6.07) is 5.90. The number of carbonyl (C=O) groups is 4. The van der Waals surface area contributed by atoms with Gasteiger partial charge in [-0.15, -0.1) is 0 Å². The Morgan fingerprint density at radius 3 is 2.43 bits per heavy atom. The van der Waals surface area contributed by atoms with Gasteiger partial charge in [0.2, 0.25) is 11.8 Å². The van der Waals surface area contributed by atoms with Gasteiger partial charge < -0.3 is 25.4 Å². The van der Waals surface area contributed by atoms with Crippen molar-refractivity contribution in [3.63, 3.8) is 0 Å². The highest BCUT2D eigenvalue weighted by atomic mass is 16.5. The third kappa shape index (κ3) is 12.2. The molecule has 1 aliphatic heterocycles. The standard InChI is InChI=1S/C31H49N5O6/c1-5-7-8-9-18-42-31(40)35-28(32)24-14-12-23(13-15-24)20-34-29(38)26-11-10-16-36(26)30(39)25(19-22(3)4)33-21-27(37)41-17-6-2/h12-15,22,25-26,33H,5-11,16-21H2,1-4H3,(H,34,38)(H2,32,35,40)/t25-,26+/m1/s1. The van der Waals surface area contributed by atoms with Gasteiger partial charge in [-0.3, -0.25) is 19.7 Å². The number of nitrogens with two attached hydrogens (primary N) is 1. The van der Waals surface area contributed by atoms with Crippen molar-refractivity contribution in [2.75, 3.05) is 26.3 Å². The summed E-state index contributed by atoms with van der Waals surface area (Å²) in [5.41, 5.74) is 7.38. The first-order chi connectivity index (χ1) is 20.2. The third-order valence-electron chi connectivity index (χ3n) is 6.96. The number of benzene rings is 1. The van der Waals surface area contributed by atoms with E-state index < -0.39 is 24.1 Å². The van der Waals surface area contributed by atoms with E-state index in [2.05, 4.69) is 22.5 Å². The number of unbranched alkanes of at least 4 members (excludes halogenated alkanes) is 3. The van der Waals surface area contributed by atoms with E-state index in [-0.39, 0.29) is 36.7 Å². The minimum absolute atomic E-state index is 0.0563. The number of aliphatic imine (C=N–C) groups is 1. The van der Waals surface area contributed by atoms with Crippen LogP contribution in [0.4, 0.5) is 4.79 Å². The highest BCUT2D eigenvalue weighted by molar-refractivity contribution is 6.02. The SMILES string of the molecule is CCCCCCOC(=O)N=C(N)c1ccc(CNC(=O)[C@@H]2CCCN2C(=O)[C@@H](CC(C)C)NCC(=O)OCCC)cc1. The van der Waals surface area contributed by atoms with E-state index in [1.807, 2.05) is 20.8 Å². The normalized spacial score (nSPS) is 15.9. The largest absolute Gasteiger partial charge is 0.465 e. The monoisotopic (exact) mass is 587 g/mol. The topological polar surface area (TPSA) is 152 Å². The molecule has 2 rings (SSSR count). The van der Waals surface area contributed by atoms with Gasteiger partial charge in [-0.2, -0.15) is 4.99 Å². The van der Waals surface area contributed by atoms with Crippen molar-refractivity contribution < 1.29 is 28.7 Å². The lowest BCUT2D eigenvalue weighted by molar-refractivity contribution is -0.144. The minimum atomic E-state index is -0.710. The number of hydrogen-bond acceptors (Lipinski definition) is 7. The second-order valence-electron chi connectivity index (χ2n) is 11.1. The Labute approximate surface area is 250 Å². The molecule has 0 spiro atoms. The van der Waals surface area contributed by atoms with E-state index in [0.29, 0.717) is 38.2 Å². The lowest BCUT2D eigenvalue weighted by Gasteiger charge is -2.29. The Hall–Kier alpha value is -3.47. The van der Waals surface area contributed by atoms with Crippen LogP contribution >= 0.6 is 0 Å². The Kier molecular flexibility index (Phi) is 15.6. The van der Waals surface area contributed by atoms with E-state index in [9.17, 15) is 19.2 Å². The zero-order valence-electron chi connectivity index (χ0n) is 25.7. The number of rotatable bonds is 17. The van der Waals surface area contributed by atoms with Gasteiger partial charge in [0.15, 0.2) is 0 Å². The maximum absolute atomic E-state index is 13.4. The average molecular weight is 588 g/mol. The van der Waals surface area contributed by atoms with Gasteiger partial charge in [0, 0.05) is 18.7 Å². The van der Waals surface area contributed by atoms with Crippen molar-refractivity contribution >= 4 is 29.7 Å². The molecule has 1 fully saturated rings. The molecule has 42 heavy (non-hydrogen) atoms. The highest BCUT2D eigenvalue weighted by Crippen LogP contribution is 2.21. The maximum atomic E-state index is 13.4. The van der Waals surface area contributed by atoms with E-state index in [0.717, 1.165) is 44.1 Å².